The lowest BCUT2D eigenvalue weighted by Gasteiger charge is -2.11. The Balaban J connectivity index is 1.92. The van der Waals surface area contributed by atoms with Gasteiger partial charge in [-0.1, -0.05) is 48.1 Å². The summed E-state index contributed by atoms with van der Waals surface area (Å²) in [6, 6.07) is 13.0. The van der Waals surface area contributed by atoms with E-state index in [2.05, 4.69) is 16.9 Å². The summed E-state index contributed by atoms with van der Waals surface area (Å²) in [5.74, 6) is 0.629. The maximum atomic E-state index is 6.47. The van der Waals surface area contributed by atoms with E-state index in [0.717, 1.165) is 24.1 Å². The van der Waals surface area contributed by atoms with Gasteiger partial charge in [-0.15, -0.1) is 0 Å². The number of fused-ring (bicyclic) bond motifs is 1. The zero-order valence-electron chi connectivity index (χ0n) is 15.6. The molecule has 0 aliphatic heterocycles. The summed E-state index contributed by atoms with van der Waals surface area (Å²) in [6.45, 7) is 2.66. The fraction of sp³-hybridized carbons (Fsp3) is 0.190. The first-order valence-corrected chi connectivity index (χ1v) is 10.3. The van der Waals surface area contributed by atoms with Gasteiger partial charge in [-0.05, 0) is 48.9 Å². The van der Waals surface area contributed by atoms with E-state index in [1.165, 1.54) is 0 Å². The third kappa shape index (κ3) is 4.17. The Kier molecular flexibility index (Phi) is 5.90. The Morgan fingerprint density at radius 1 is 0.966 bits per heavy atom. The van der Waals surface area contributed by atoms with Crippen LogP contribution in [-0.2, 0) is 0 Å². The van der Waals surface area contributed by atoms with Gasteiger partial charge in [-0.2, -0.15) is 4.98 Å². The number of ether oxygens (including phenoxy) is 1. The Morgan fingerprint density at radius 3 is 2.45 bits per heavy atom. The molecule has 5 nitrogen and oxygen atoms in total. The van der Waals surface area contributed by atoms with Gasteiger partial charge in [0.15, 0.2) is 5.65 Å². The lowest BCUT2D eigenvalue weighted by Crippen LogP contribution is -2.03. The Morgan fingerprint density at radius 2 is 1.72 bits per heavy atom. The predicted octanol–water partition coefficient (Wildman–Crippen LogP) is 6.62. The van der Waals surface area contributed by atoms with Crippen molar-refractivity contribution in [2.45, 2.75) is 19.8 Å². The second kappa shape index (κ2) is 8.57. The van der Waals surface area contributed by atoms with E-state index in [4.69, 9.17) is 44.5 Å². The van der Waals surface area contributed by atoms with Crippen molar-refractivity contribution in [2.75, 3.05) is 6.61 Å². The van der Waals surface area contributed by atoms with Crippen LogP contribution in [0.4, 0.5) is 0 Å². The normalized spacial score (nSPS) is 11.2. The van der Waals surface area contributed by atoms with Gasteiger partial charge in [0, 0.05) is 21.3 Å². The Bertz CT molecular complexity index is 1160. The number of imidazole rings is 1. The summed E-state index contributed by atoms with van der Waals surface area (Å²) in [4.78, 5) is 13.6. The second-order valence-corrected chi connectivity index (χ2v) is 7.71. The van der Waals surface area contributed by atoms with Crippen LogP contribution in [0.15, 0.2) is 48.7 Å². The molecule has 4 aromatic rings. The maximum Gasteiger partial charge on any atom is 0.318 e. The van der Waals surface area contributed by atoms with Crippen molar-refractivity contribution in [2.24, 2.45) is 0 Å². The number of nitrogens with zero attached hydrogens (tertiary/aromatic N) is 4. The zero-order valence-corrected chi connectivity index (χ0v) is 17.8. The van der Waals surface area contributed by atoms with Crippen molar-refractivity contribution in [1.29, 1.82) is 0 Å². The molecule has 0 N–H and O–H groups in total. The van der Waals surface area contributed by atoms with E-state index < -0.39 is 0 Å². The van der Waals surface area contributed by atoms with E-state index >= 15 is 0 Å². The van der Waals surface area contributed by atoms with Gasteiger partial charge >= 0.3 is 6.01 Å². The molecule has 2 aromatic heterocycles. The smallest absolute Gasteiger partial charge is 0.318 e. The molecule has 0 radical (unpaired) electrons. The van der Waals surface area contributed by atoms with E-state index in [1.54, 1.807) is 18.3 Å². The highest BCUT2D eigenvalue weighted by atomic mass is 35.5. The van der Waals surface area contributed by atoms with Crippen LogP contribution in [0.5, 0.6) is 6.01 Å². The van der Waals surface area contributed by atoms with Gasteiger partial charge in [0.25, 0.3) is 0 Å². The van der Waals surface area contributed by atoms with Gasteiger partial charge < -0.3 is 4.74 Å². The molecule has 0 aliphatic carbocycles. The quantitative estimate of drug-likeness (QED) is 0.312. The monoisotopic (exact) mass is 446 g/mol. The van der Waals surface area contributed by atoms with E-state index in [1.807, 2.05) is 34.9 Å². The Hall–Kier alpha value is -2.34. The molecule has 0 saturated carbocycles. The van der Waals surface area contributed by atoms with E-state index in [-0.39, 0.29) is 0 Å². The van der Waals surface area contributed by atoms with Crippen molar-refractivity contribution in [3.05, 3.63) is 63.7 Å². The molecule has 4 rings (SSSR count). The lowest BCUT2D eigenvalue weighted by molar-refractivity contribution is 0.286. The molecule has 0 amide bonds. The number of unbranched alkanes of at least 4 members (excludes halogenated alkanes) is 1. The van der Waals surface area contributed by atoms with Crippen molar-refractivity contribution in [3.8, 4) is 23.1 Å². The molecule has 29 heavy (non-hydrogen) atoms. The van der Waals surface area contributed by atoms with Crippen LogP contribution in [0.1, 0.15) is 19.8 Å². The molecule has 2 aromatic carbocycles. The molecule has 0 spiro atoms. The highest BCUT2D eigenvalue weighted by Crippen LogP contribution is 2.34. The highest BCUT2D eigenvalue weighted by molar-refractivity contribution is 6.36. The van der Waals surface area contributed by atoms with Crippen LogP contribution in [-0.4, -0.2) is 26.1 Å². The van der Waals surface area contributed by atoms with Crippen LogP contribution < -0.4 is 4.74 Å². The summed E-state index contributed by atoms with van der Waals surface area (Å²) in [6.07, 6.45) is 3.62. The maximum absolute atomic E-state index is 6.47. The number of rotatable bonds is 6. The minimum Gasteiger partial charge on any atom is -0.463 e. The topological polar surface area (TPSA) is 52.8 Å². The van der Waals surface area contributed by atoms with Crippen molar-refractivity contribution >= 4 is 46.0 Å². The first kappa shape index (κ1) is 20.0. The van der Waals surface area contributed by atoms with Crippen LogP contribution in [0, 0.1) is 0 Å². The van der Waals surface area contributed by atoms with E-state index in [0.29, 0.717) is 44.7 Å². The van der Waals surface area contributed by atoms with E-state index in [9.17, 15) is 0 Å². The summed E-state index contributed by atoms with van der Waals surface area (Å²) in [5.41, 5.74) is 2.83. The fourth-order valence-corrected chi connectivity index (χ4v) is 3.54. The number of benzene rings is 2. The first-order chi connectivity index (χ1) is 14.1. The summed E-state index contributed by atoms with van der Waals surface area (Å²) < 4.78 is 7.60. The van der Waals surface area contributed by atoms with Crippen LogP contribution in [0.2, 0.25) is 15.1 Å². The van der Waals surface area contributed by atoms with Crippen molar-refractivity contribution in [1.82, 2.24) is 19.5 Å². The highest BCUT2D eigenvalue weighted by Gasteiger charge is 2.19. The number of hydrogen-bond donors (Lipinski definition) is 0. The minimum absolute atomic E-state index is 0.315. The van der Waals surface area contributed by atoms with Gasteiger partial charge in [-0.25, -0.2) is 9.97 Å². The van der Waals surface area contributed by atoms with Crippen LogP contribution >= 0.6 is 34.8 Å². The third-order valence-corrected chi connectivity index (χ3v) is 5.16. The summed E-state index contributed by atoms with van der Waals surface area (Å²) >= 11 is 18.6. The molecular formula is C21H17Cl3N4O. The van der Waals surface area contributed by atoms with Gasteiger partial charge in [-0.3, -0.25) is 4.57 Å². The fourth-order valence-electron chi connectivity index (χ4n) is 2.92. The molecule has 0 fully saturated rings. The SMILES string of the molecule is CCCCOc1ncc2nc(-c3ccc(Cl)cc3Cl)n(-c3ccc(Cl)cc3)c2n1. The van der Waals surface area contributed by atoms with Crippen LogP contribution in [0.3, 0.4) is 0 Å². The first-order valence-electron chi connectivity index (χ1n) is 9.16. The molecule has 0 aliphatic rings. The minimum atomic E-state index is 0.315. The van der Waals surface area contributed by atoms with Gasteiger partial charge in [0.1, 0.15) is 11.3 Å². The number of halogens is 3. The standard InChI is InChI=1S/C21H17Cl3N4O/c1-2-3-10-29-21-25-12-18-20(27-21)28(15-7-4-13(22)5-8-15)19(26-18)16-9-6-14(23)11-17(16)24/h4-9,11-12H,2-3,10H2,1H3. The summed E-state index contributed by atoms with van der Waals surface area (Å²) in [7, 11) is 0. The molecular weight excluding hydrogens is 431 g/mol. The number of aromatic nitrogens is 4. The van der Waals surface area contributed by atoms with Crippen molar-refractivity contribution < 1.29 is 4.74 Å². The number of hydrogen-bond acceptors (Lipinski definition) is 4. The molecule has 0 atom stereocenters. The molecule has 2 heterocycles. The average molecular weight is 448 g/mol. The second-order valence-electron chi connectivity index (χ2n) is 6.43. The molecule has 0 unspecified atom stereocenters. The Labute approximate surface area is 183 Å². The molecule has 0 bridgehead atoms. The van der Waals surface area contributed by atoms with Crippen molar-refractivity contribution in [3.63, 3.8) is 0 Å². The van der Waals surface area contributed by atoms with Gasteiger partial charge in [0.2, 0.25) is 0 Å². The average Bonchev–Trinajstić information content (AvgIpc) is 3.07. The third-order valence-electron chi connectivity index (χ3n) is 4.36. The van der Waals surface area contributed by atoms with Crippen LogP contribution in [0.25, 0.3) is 28.2 Å². The molecule has 8 heteroatoms. The lowest BCUT2D eigenvalue weighted by atomic mass is 10.2. The molecule has 148 valence electrons. The molecule has 0 saturated heterocycles. The summed E-state index contributed by atoms with van der Waals surface area (Å²) in [5, 5.41) is 1.69. The predicted molar refractivity (Wildman–Crippen MR) is 118 cm³/mol. The largest absolute Gasteiger partial charge is 0.463 e. The van der Waals surface area contributed by atoms with Gasteiger partial charge in [0.05, 0.1) is 17.8 Å². The zero-order chi connectivity index (χ0) is 20.4.